The van der Waals surface area contributed by atoms with Crippen molar-refractivity contribution < 1.29 is 9.59 Å². The molecule has 0 unspecified atom stereocenters. The number of piperidine rings is 1. The van der Waals surface area contributed by atoms with Crippen LogP contribution < -0.4 is 10.9 Å². The normalized spacial score (nSPS) is 19.3. The van der Waals surface area contributed by atoms with E-state index in [1.807, 2.05) is 0 Å². The second kappa shape index (κ2) is 8.65. The Labute approximate surface area is 173 Å². The number of carbonyl (C=O) groups excluding carboxylic acids is 2. The predicted octanol–water partition coefficient (Wildman–Crippen LogP) is 2.98. The molecule has 0 radical (unpaired) electrons. The molecule has 2 aromatic rings. The van der Waals surface area contributed by atoms with Gasteiger partial charge in [-0.15, -0.1) is 11.3 Å². The molecule has 3 heterocycles. The maximum Gasteiger partial charge on any atom is 0.264 e. The fourth-order valence-corrected chi connectivity index (χ4v) is 5.63. The van der Waals surface area contributed by atoms with Crippen molar-refractivity contribution >= 4 is 33.4 Å². The van der Waals surface area contributed by atoms with E-state index in [4.69, 9.17) is 0 Å². The van der Waals surface area contributed by atoms with Crippen molar-refractivity contribution in [2.24, 2.45) is 5.92 Å². The van der Waals surface area contributed by atoms with Crippen molar-refractivity contribution in [1.82, 2.24) is 20.2 Å². The molecule has 2 aromatic heterocycles. The number of amides is 2. The summed E-state index contributed by atoms with van der Waals surface area (Å²) in [5.74, 6) is 0.0700. The quantitative estimate of drug-likeness (QED) is 0.752. The van der Waals surface area contributed by atoms with Gasteiger partial charge in [-0.3, -0.25) is 14.4 Å². The Hall–Kier alpha value is -2.22. The summed E-state index contributed by atoms with van der Waals surface area (Å²) in [6, 6.07) is 0.316. The number of thiophene rings is 1. The topological polar surface area (TPSA) is 95.2 Å². The summed E-state index contributed by atoms with van der Waals surface area (Å²) in [6.45, 7) is 2.94. The Morgan fingerprint density at radius 2 is 1.83 bits per heavy atom. The third-order valence-electron chi connectivity index (χ3n) is 6.28. The number of aromatic amines is 1. The Morgan fingerprint density at radius 1 is 1.14 bits per heavy atom. The lowest BCUT2D eigenvalue weighted by atomic mass is 9.94. The van der Waals surface area contributed by atoms with Gasteiger partial charge in [-0.05, 0) is 38.2 Å². The molecule has 0 atom stereocenters. The van der Waals surface area contributed by atoms with Gasteiger partial charge in [0.05, 0.1) is 16.6 Å². The minimum Gasteiger partial charge on any atom is -0.353 e. The molecule has 0 aromatic carbocycles. The molecule has 2 N–H and O–H groups in total. The minimum atomic E-state index is -0.211. The zero-order valence-electron chi connectivity index (χ0n) is 16.8. The fraction of sp³-hybridized carbons (Fsp3) is 0.619. The van der Waals surface area contributed by atoms with Crippen LogP contribution in [0.15, 0.2) is 11.1 Å². The number of H-pyrrole nitrogens is 1. The number of carbonyl (C=O) groups is 2. The number of rotatable bonds is 3. The summed E-state index contributed by atoms with van der Waals surface area (Å²) in [5, 5.41) is 3.75. The number of nitrogens with zero attached hydrogens (tertiary/aromatic N) is 2. The van der Waals surface area contributed by atoms with E-state index in [0.29, 0.717) is 52.6 Å². The van der Waals surface area contributed by atoms with Crippen LogP contribution in [-0.4, -0.2) is 45.8 Å². The molecule has 8 heteroatoms. The van der Waals surface area contributed by atoms with E-state index < -0.39 is 0 Å². The minimum absolute atomic E-state index is 0.0182. The highest BCUT2D eigenvalue weighted by Crippen LogP contribution is 2.29. The van der Waals surface area contributed by atoms with E-state index in [1.165, 1.54) is 43.3 Å². The van der Waals surface area contributed by atoms with E-state index in [9.17, 15) is 14.4 Å². The van der Waals surface area contributed by atoms with Gasteiger partial charge >= 0.3 is 0 Å². The molecule has 7 nitrogen and oxygen atoms in total. The zero-order chi connectivity index (χ0) is 20.4. The average Bonchev–Trinajstić information content (AvgIpc) is 2.89. The van der Waals surface area contributed by atoms with Gasteiger partial charge in [0, 0.05) is 25.0 Å². The van der Waals surface area contributed by atoms with Crippen LogP contribution >= 0.6 is 11.3 Å². The van der Waals surface area contributed by atoms with Crippen molar-refractivity contribution in [1.29, 1.82) is 0 Å². The number of fused-ring (bicyclic) bond motifs is 1. The van der Waals surface area contributed by atoms with Crippen molar-refractivity contribution in [2.45, 2.75) is 64.3 Å². The molecule has 1 saturated heterocycles. The first-order valence-corrected chi connectivity index (χ1v) is 11.4. The second-order valence-electron chi connectivity index (χ2n) is 8.23. The highest BCUT2D eigenvalue weighted by atomic mass is 32.1. The molecule has 1 saturated carbocycles. The summed E-state index contributed by atoms with van der Waals surface area (Å²) < 4.78 is 0. The van der Waals surface area contributed by atoms with Gasteiger partial charge < -0.3 is 15.2 Å². The van der Waals surface area contributed by atoms with E-state index >= 15 is 0 Å². The molecule has 156 valence electrons. The molecule has 2 fully saturated rings. The smallest absolute Gasteiger partial charge is 0.264 e. The summed E-state index contributed by atoms with van der Waals surface area (Å²) in [6.07, 6.45) is 9.85. The molecule has 4 rings (SSSR count). The fourth-order valence-electron chi connectivity index (χ4n) is 4.51. The lowest BCUT2D eigenvalue weighted by Crippen LogP contribution is -2.45. The van der Waals surface area contributed by atoms with Crippen LogP contribution in [0, 0.1) is 12.8 Å². The van der Waals surface area contributed by atoms with E-state index in [1.54, 1.807) is 11.8 Å². The number of nitrogens with one attached hydrogen (secondary N) is 2. The van der Waals surface area contributed by atoms with Gasteiger partial charge in [-0.1, -0.05) is 25.7 Å². The molecule has 0 spiro atoms. The monoisotopic (exact) mass is 416 g/mol. The molecule has 29 heavy (non-hydrogen) atoms. The number of hydrogen-bond donors (Lipinski definition) is 2. The van der Waals surface area contributed by atoms with Crippen LogP contribution in [0.1, 0.15) is 66.6 Å². The highest BCUT2D eigenvalue weighted by Gasteiger charge is 2.30. The molecule has 1 aliphatic heterocycles. The van der Waals surface area contributed by atoms with Gasteiger partial charge in [-0.2, -0.15) is 0 Å². The Morgan fingerprint density at radius 3 is 2.48 bits per heavy atom. The SMILES string of the molecule is Cc1c(C(=O)N2CCC(C(=O)NC3CCCCCC3)CC2)sc2nc[nH]c(=O)c12. The lowest BCUT2D eigenvalue weighted by Gasteiger charge is -2.32. The van der Waals surface area contributed by atoms with Crippen molar-refractivity contribution in [3.8, 4) is 0 Å². The summed E-state index contributed by atoms with van der Waals surface area (Å²) >= 11 is 1.27. The largest absolute Gasteiger partial charge is 0.353 e. The molecule has 2 amide bonds. The van der Waals surface area contributed by atoms with Crippen molar-refractivity contribution in [3.63, 3.8) is 0 Å². The number of hydrogen-bond acceptors (Lipinski definition) is 5. The van der Waals surface area contributed by atoms with Crippen LogP contribution in [-0.2, 0) is 4.79 Å². The van der Waals surface area contributed by atoms with Crippen LogP contribution in [0.25, 0.3) is 10.2 Å². The van der Waals surface area contributed by atoms with E-state index in [-0.39, 0.29) is 23.3 Å². The summed E-state index contributed by atoms with van der Waals surface area (Å²) in [7, 11) is 0. The van der Waals surface area contributed by atoms with Gasteiger partial charge in [-0.25, -0.2) is 4.98 Å². The first kappa shape index (κ1) is 20.1. The van der Waals surface area contributed by atoms with E-state index in [0.717, 1.165) is 12.8 Å². The molecular formula is C21H28N4O3S. The number of aromatic nitrogens is 2. The van der Waals surface area contributed by atoms with Crippen LogP contribution in [0.5, 0.6) is 0 Å². The second-order valence-corrected chi connectivity index (χ2v) is 9.23. The lowest BCUT2D eigenvalue weighted by molar-refractivity contribution is -0.127. The predicted molar refractivity (Wildman–Crippen MR) is 113 cm³/mol. The van der Waals surface area contributed by atoms with Crippen molar-refractivity contribution in [2.75, 3.05) is 13.1 Å². The van der Waals surface area contributed by atoms with Crippen LogP contribution in [0.3, 0.4) is 0 Å². The zero-order valence-corrected chi connectivity index (χ0v) is 17.6. The van der Waals surface area contributed by atoms with Gasteiger partial charge in [0.1, 0.15) is 4.83 Å². The molecule has 2 aliphatic rings. The number of likely N-dealkylation sites (tertiary alicyclic amines) is 1. The van der Waals surface area contributed by atoms with Gasteiger partial charge in [0.15, 0.2) is 0 Å². The maximum atomic E-state index is 13.0. The molecular weight excluding hydrogens is 388 g/mol. The maximum absolute atomic E-state index is 13.0. The third kappa shape index (κ3) is 4.22. The first-order valence-electron chi connectivity index (χ1n) is 10.6. The molecule has 1 aliphatic carbocycles. The average molecular weight is 417 g/mol. The van der Waals surface area contributed by atoms with E-state index in [2.05, 4.69) is 15.3 Å². The van der Waals surface area contributed by atoms with Gasteiger partial charge in [0.2, 0.25) is 5.91 Å². The standard InChI is InChI=1S/C21H28N4O3S/c1-13-16-19(27)22-12-23-20(16)29-17(13)21(28)25-10-8-14(9-11-25)18(26)24-15-6-4-2-3-5-7-15/h12,14-15H,2-11H2,1H3,(H,24,26)(H,22,23,27). The number of aryl methyl sites for hydroxylation is 1. The Balaban J connectivity index is 1.37. The first-order chi connectivity index (χ1) is 14.0. The summed E-state index contributed by atoms with van der Waals surface area (Å²) in [5.41, 5.74) is 0.481. The summed E-state index contributed by atoms with van der Waals surface area (Å²) in [4.78, 5) is 47.5. The Kier molecular flexibility index (Phi) is 5.99. The van der Waals surface area contributed by atoms with Crippen LogP contribution in [0.2, 0.25) is 0 Å². The Bertz CT molecular complexity index is 950. The molecule has 0 bridgehead atoms. The highest BCUT2D eigenvalue weighted by molar-refractivity contribution is 7.20. The van der Waals surface area contributed by atoms with Crippen molar-refractivity contribution in [3.05, 3.63) is 27.1 Å². The van der Waals surface area contributed by atoms with Crippen LogP contribution in [0.4, 0.5) is 0 Å². The third-order valence-corrected chi connectivity index (χ3v) is 7.47. The van der Waals surface area contributed by atoms with Gasteiger partial charge in [0.25, 0.3) is 11.5 Å².